The molecule has 2 aromatic rings. The molecular formula is C19H24N2O3S. The molecule has 5 nitrogen and oxygen atoms in total. The molecule has 1 amide bonds. The van der Waals surface area contributed by atoms with Crippen molar-refractivity contribution in [1.82, 2.24) is 5.32 Å². The Kier molecular flexibility index (Phi) is 6.20. The minimum absolute atomic E-state index is 0.125. The van der Waals surface area contributed by atoms with E-state index in [2.05, 4.69) is 5.32 Å². The summed E-state index contributed by atoms with van der Waals surface area (Å²) in [6, 6.07) is 15.0. The summed E-state index contributed by atoms with van der Waals surface area (Å²) in [4.78, 5) is 12.4. The summed E-state index contributed by atoms with van der Waals surface area (Å²) in [5, 5.41) is 2.94. The van der Waals surface area contributed by atoms with E-state index in [4.69, 9.17) is 0 Å². The van der Waals surface area contributed by atoms with Crippen molar-refractivity contribution < 1.29 is 13.2 Å². The fraction of sp³-hybridized carbons (Fsp3) is 0.316. The first-order chi connectivity index (χ1) is 11.9. The Morgan fingerprint density at radius 3 is 2.08 bits per heavy atom. The van der Waals surface area contributed by atoms with E-state index in [1.54, 1.807) is 36.4 Å². The highest BCUT2D eigenvalue weighted by molar-refractivity contribution is 7.92. The average Bonchev–Trinajstić information content (AvgIpc) is 2.66. The first-order valence-corrected chi connectivity index (χ1v) is 9.79. The van der Waals surface area contributed by atoms with Gasteiger partial charge < -0.3 is 5.32 Å². The molecule has 0 aromatic heterocycles. The second-order valence-electron chi connectivity index (χ2n) is 5.82. The summed E-state index contributed by atoms with van der Waals surface area (Å²) in [6.45, 7) is 4.03. The van der Waals surface area contributed by atoms with Gasteiger partial charge in [0.05, 0.1) is 10.6 Å². The van der Waals surface area contributed by atoms with E-state index in [9.17, 15) is 13.2 Å². The van der Waals surface area contributed by atoms with E-state index in [-0.39, 0.29) is 16.8 Å². The van der Waals surface area contributed by atoms with Gasteiger partial charge in [-0.05, 0) is 49.2 Å². The normalized spacial score (nSPS) is 11.4. The van der Waals surface area contributed by atoms with Crippen LogP contribution >= 0.6 is 0 Å². The third-order valence-electron chi connectivity index (χ3n) is 4.22. The van der Waals surface area contributed by atoms with Crippen molar-refractivity contribution in [3.05, 3.63) is 60.2 Å². The molecule has 2 rings (SSSR count). The largest absolute Gasteiger partial charge is 0.349 e. The number of carbonyl (C=O) groups is 1. The first-order valence-electron chi connectivity index (χ1n) is 8.35. The van der Waals surface area contributed by atoms with Gasteiger partial charge in [0.15, 0.2) is 0 Å². The highest BCUT2D eigenvalue weighted by atomic mass is 32.2. The van der Waals surface area contributed by atoms with Gasteiger partial charge in [-0.2, -0.15) is 0 Å². The smallest absolute Gasteiger partial charge is 0.264 e. The molecular weight excluding hydrogens is 336 g/mol. The maximum absolute atomic E-state index is 12.7. The highest BCUT2D eigenvalue weighted by Crippen LogP contribution is 2.21. The van der Waals surface area contributed by atoms with Gasteiger partial charge in [0.2, 0.25) is 0 Å². The van der Waals surface area contributed by atoms with Gasteiger partial charge in [0.1, 0.15) is 0 Å². The number of benzene rings is 2. The molecule has 0 spiro atoms. The molecule has 0 radical (unpaired) electrons. The third kappa shape index (κ3) is 4.39. The Balaban J connectivity index is 2.20. The molecule has 0 bridgehead atoms. The Labute approximate surface area is 149 Å². The molecule has 0 aliphatic heterocycles. The van der Waals surface area contributed by atoms with Crippen LogP contribution in [0, 0.1) is 0 Å². The van der Waals surface area contributed by atoms with Gasteiger partial charge in [0, 0.05) is 18.7 Å². The number of carbonyl (C=O) groups excluding carboxylic acids is 1. The maximum atomic E-state index is 12.7. The van der Waals surface area contributed by atoms with Crippen molar-refractivity contribution in [3.8, 4) is 0 Å². The van der Waals surface area contributed by atoms with Crippen LogP contribution in [-0.4, -0.2) is 27.4 Å². The Bertz CT molecular complexity index is 798. The lowest BCUT2D eigenvalue weighted by Gasteiger charge is -2.19. The number of nitrogens with zero attached hydrogens (tertiary/aromatic N) is 1. The van der Waals surface area contributed by atoms with Gasteiger partial charge in [-0.3, -0.25) is 9.10 Å². The van der Waals surface area contributed by atoms with Gasteiger partial charge >= 0.3 is 0 Å². The number of para-hydroxylation sites is 1. The van der Waals surface area contributed by atoms with Crippen LogP contribution in [0.4, 0.5) is 5.69 Å². The zero-order valence-electron chi connectivity index (χ0n) is 14.8. The molecule has 0 heterocycles. The number of rotatable bonds is 7. The molecule has 25 heavy (non-hydrogen) atoms. The predicted molar refractivity (Wildman–Crippen MR) is 100 cm³/mol. The Morgan fingerprint density at radius 1 is 1.00 bits per heavy atom. The standard InChI is InChI=1S/C19H24N2O3S/c1-4-16(5-2)20-19(22)15-11-13-18(14-12-15)25(23,24)21(3)17-9-7-6-8-10-17/h6-14,16H,4-5H2,1-3H3,(H,20,22). The van der Waals surface area contributed by atoms with Crippen LogP contribution in [0.25, 0.3) is 0 Å². The van der Waals surface area contributed by atoms with Crippen LogP contribution in [0.2, 0.25) is 0 Å². The predicted octanol–water partition coefficient (Wildman–Crippen LogP) is 3.43. The number of amides is 1. The number of hydrogen-bond donors (Lipinski definition) is 1. The van der Waals surface area contributed by atoms with E-state index in [0.29, 0.717) is 11.3 Å². The summed E-state index contributed by atoms with van der Waals surface area (Å²) >= 11 is 0. The molecule has 134 valence electrons. The summed E-state index contributed by atoms with van der Waals surface area (Å²) < 4.78 is 26.6. The SMILES string of the molecule is CCC(CC)NC(=O)c1ccc(S(=O)(=O)N(C)c2ccccc2)cc1. The fourth-order valence-electron chi connectivity index (χ4n) is 2.47. The summed E-state index contributed by atoms with van der Waals surface area (Å²) in [5.41, 5.74) is 1.03. The lowest BCUT2D eigenvalue weighted by atomic mass is 10.1. The zero-order valence-corrected chi connectivity index (χ0v) is 15.6. The lowest BCUT2D eigenvalue weighted by Crippen LogP contribution is -2.33. The molecule has 0 atom stereocenters. The van der Waals surface area contributed by atoms with Gasteiger partial charge in [-0.15, -0.1) is 0 Å². The molecule has 1 N–H and O–H groups in total. The molecule has 0 saturated carbocycles. The van der Waals surface area contributed by atoms with Crippen molar-refractivity contribution >= 4 is 21.6 Å². The molecule has 0 unspecified atom stereocenters. The summed E-state index contributed by atoms with van der Waals surface area (Å²) in [6.07, 6.45) is 1.72. The molecule has 0 saturated heterocycles. The van der Waals surface area contributed by atoms with Crippen LogP contribution in [-0.2, 0) is 10.0 Å². The first kappa shape index (κ1) is 19.0. The maximum Gasteiger partial charge on any atom is 0.264 e. The van der Waals surface area contributed by atoms with Crippen LogP contribution in [0.5, 0.6) is 0 Å². The lowest BCUT2D eigenvalue weighted by molar-refractivity contribution is 0.0934. The van der Waals surface area contributed by atoms with Crippen LogP contribution in [0.3, 0.4) is 0 Å². The van der Waals surface area contributed by atoms with E-state index >= 15 is 0 Å². The Morgan fingerprint density at radius 2 is 1.56 bits per heavy atom. The average molecular weight is 360 g/mol. The van der Waals surface area contributed by atoms with Crippen molar-refractivity contribution in [2.45, 2.75) is 37.6 Å². The second kappa shape index (κ2) is 8.16. The molecule has 2 aromatic carbocycles. The molecule has 6 heteroatoms. The minimum atomic E-state index is -3.67. The van der Waals surface area contributed by atoms with Crippen molar-refractivity contribution in [2.24, 2.45) is 0 Å². The van der Waals surface area contributed by atoms with Crippen molar-refractivity contribution in [3.63, 3.8) is 0 Å². The zero-order chi connectivity index (χ0) is 18.4. The second-order valence-corrected chi connectivity index (χ2v) is 7.79. The number of sulfonamides is 1. The van der Waals surface area contributed by atoms with E-state index in [0.717, 1.165) is 12.8 Å². The third-order valence-corrected chi connectivity index (χ3v) is 6.02. The van der Waals surface area contributed by atoms with E-state index in [1.807, 2.05) is 19.9 Å². The quantitative estimate of drug-likeness (QED) is 0.822. The number of nitrogens with one attached hydrogen (secondary N) is 1. The number of anilines is 1. The molecule has 0 aliphatic carbocycles. The molecule has 0 fully saturated rings. The van der Waals surface area contributed by atoms with Crippen molar-refractivity contribution in [1.29, 1.82) is 0 Å². The summed E-state index contributed by atoms with van der Waals surface area (Å²) in [7, 11) is -2.15. The topological polar surface area (TPSA) is 66.5 Å². The summed E-state index contributed by atoms with van der Waals surface area (Å²) in [5.74, 6) is -0.186. The van der Waals surface area contributed by atoms with Gasteiger partial charge in [0.25, 0.3) is 15.9 Å². The van der Waals surface area contributed by atoms with Crippen LogP contribution < -0.4 is 9.62 Å². The number of hydrogen-bond acceptors (Lipinski definition) is 3. The van der Waals surface area contributed by atoms with E-state index < -0.39 is 10.0 Å². The van der Waals surface area contributed by atoms with Gasteiger partial charge in [-0.25, -0.2) is 8.42 Å². The van der Waals surface area contributed by atoms with Crippen molar-refractivity contribution in [2.75, 3.05) is 11.4 Å². The Hall–Kier alpha value is -2.34. The van der Waals surface area contributed by atoms with E-state index in [1.165, 1.54) is 23.5 Å². The van der Waals surface area contributed by atoms with Crippen LogP contribution in [0.15, 0.2) is 59.5 Å². The van der Waals surface area contributed by atoms with Crippen LogP contribution in [0.1, 0.15) is 37.0 Å². The monoisotopic (exact) mass is 360 g/mol. The fourth-order valence-corrected chi connectivity index (χ4v) is 3.67. The molecule has 0 aliphatic rings. The minimum Gasteiger partial charge on any atom is -0.349 e. The highest BCUT2D eigenvalue weighted by Gasteiger charge is 2.21. The van der Waals surface area contributed by atoms with Gasteiger partial charge in [-0.1, -0.05) is 32.0 Å².